The quantitative estimate of drug-likeness (QED) is 0.140. The van der Waals surface area contributed by atoms with Crippen molar-refractivity contribution in [3.05, 3.63) is 94.2 Å². The molecule has 0 spiro atoms. The van der Waals surface area contributed by atoms with E-state index in [0.717, 1.165) is 35.2 Å². The van der Waals surface area contributed by atoms with Gasteiger partial charge in [0.25, 0.3) is 0 Å². The van der Waals surface area contributed by atoms with Gasteiger partial charge in [0.2, 0.25) is 0 Å². The Morgan fingerprint density at radius 3 is 2.74 bits per heavy atom. The molecular formula is C27H24F4N6OS. The molecule has 1 unspecified atom stereocenters. The first-order valence-electron chi connectivity index (χ1n) is 12.0. The Labute approximate surface area is 226 Å². The number of hydrazone groups is 1. The van der Waals surface area contributed by atoms with Crippen LogP contribution < -0.4 is 5.43 Å². The average molecular weight is 557 g/mol. The maximum atomic E-state index is 14.1. The third kappa shape index (κ3) is 5.26. The van der Waals surface area contributed by atoms with Crippen molar-refractivity contribution in [2.75, 3.05) is 20.1 Å². The van der Waals surface area contributed by atoms with Crippen molar-refractivity contribution in [3.8, 4) is 5.69 Å². The number of allylic oxidation sites excluding steroid dienone is 1. The van der Waals surface area contributed by atoms with Crippen LogP contribution in [0.3, 0.4) is 0 Å². The second kappa shape index (κ2) is 10.4. The van der Waals surface area contributed by atoms with E-state index in [1.54, 1.807) is 36.3 Å². The van der Waals surface area contributed by atoms with Crippen molar-refractivity contribution in [2.45, 2.75) is 19.0 Å². The van der Waals surface area contributed by atoms with E-state index < -0.39 is 22.9 Å². The van der Waals surface area contributed by atoms with Crippen LogP contribution in [0.1, 0.15) is 33.7 Å². The number of halogens is 4. The maximum Gasteiger partial charge on any atom is 0.416 e. The van der Waals surface area contributed by atoms with Gasteiger partial charge in [0.05, 0.1) is 34.8 Å². The Hall–Kier alpha value is -3.77. The minimum atomic E-state index is -4.61. The van der Waals surface area contributed by atoms with Gasteiger partial charge < -0.3 is 5.43 Å². The molecule has 1 fully saturated rings. The molecule has 0 saturated carbocycles. The Balaban J connectivity index is 1.56. The summed E-state index contributed by atoms with van der Waals surface area (Å²) in [5.74, 6) is -0.859. The summed E-state index contributed by atoms with van der Waals surface area (Å²) in [4.78, 5) is 18.8. The third-order valence-electron chi connectivity index (χ3n) is 6.79. The molecule has 3 aromatic rings. The van der Waals surface area contributed by atoms with Crippen LogP contribution in [0, 0.1) is 11.2 Å². The predicted molar refractivity (Wildman–Crippen MR) is 142 cm³/mol. The Morgan fingerprint density at radius 2 is 2.03 bits per heavy atom. The zero-order valence-corrected chi connectivity index (χ0v) is 21.7. The molecule has 1 N–H and O–H groups in total. The van der Waals surface area contributed by atoms with E-state index in [1.807, 2.05) is 10.4 Å². The van der Waals surface area contributed by atoms with E-state index in [4.69, 9.17) is 0 Å². The number of benzene rings is 1. The number of ketones is 1. The van der Waals surface area contributed by atoms with Crippen molar-refractivity contribution >= 4 is 30.0 Å². The second-order valence-electron chi connectivity index (χ2n) is 9.28. The molecule has 39 heavy (non-hydrogen) atoms. The summed E-state index contributed by atoms with van der Waals surface area (Å²) in [5.41, 5.74) is 3.28. The fourth-order valence-electron chi connectivity index (χ4n) is 4.98. The van der Waals surface area contributed by atoms with Gasteiger partial charge in [0, 0.05) is 31.2 Å². The first kappa shape index (κ1) is 26.8. The molecule has 2 aliphatic rings. The van der Waals surface area contributed by atoms with Gasteiger partial charge in [-0.05, 0) is 72.8 Å². The maximum absolute atomic E-state index is 14.1. The van der Waals surface area contributed by atoms with Crippen molar-refractivity contribution in [1.82, 2.24) is 24.5 Å². The number of nitrogens with one attached hydrogen (secondary N) is 1. The highest BCUT2D eigenvalue weighted by atomic mass is 32.2. The number of Topliss-reactive ketones (excluding diaryl/α,β-unsaturated/α-hetero) is 1. The van der Waals surface area contributed by atoms with Crippen molar-refractivity contribution in [1.29, 1.82) is 0 Å². The topological polar surface area (TPSA) is 75.4 Å². The molecule has 0 bridgehead atoms. The molecule has 12 heteroatoms. The molecule has 1 aromatic carbocycles. The van der Waals surface area contributed by atoms with Crippen LogP contribution in [-0.4, -0.2) is 51.2 Å². The van der Waals surface area contributed by atoms with Crippen LogP contribution in [0.4, 0.5) is 17.6 Å². The highest BCUT2D eigenvalue weighted by Crippen LogP contribution is 2.48. The molecular weight excluding hydrogens is 532 g/mol. The number of rotatable bonds is 7. The molecule has 5 rings (SSSR count). The number of aromatic nitrogens is 3. The van der Waals surface area contributed by atoms with Gasteiger partial charge in [0.1, 0.15) is 11.5 Å². The molecule has 0 amide bonds. The first-order chi connectivity index (χ1) is 18.6. The minimum absolute atomic E-state index is 0.222. The number of pyridine rings is 1. The van der Waals surface area contributed by atoms with Crippen LogP contribution in [-0.2, 0) is 12.6 Å². The van der Waals surface area contributed by atoms with E-state index in [9.17, 15) is 22.4 Å². The summed E-state index contributed by atoms with van der Waals surface area (Å²) >= 11 is 1.33. The molecule has 2 aromatic heterocycles. The van der Waals surface area contributed by atoms with Crippen LogP contribution in [0.15, 0.2) is 71.0 Å². The van der Waals surface area contributed by atoms with Crippen LogP contribution in [0.5, 0.6) is 0 Å². The number of hydrogen-bond donors (Lipinski definition) is 1. The number of carbonyl (C=O) groups is 1. The van der Waals surface area contributed by atoms with Crippen LogP contribution >= 0.6 is 11.9 Å². The lowest BCUT2D eigenvalue weighted by Crippen LogP contribution is -2.50. The Morgan fingerprint density at radius 1 is 1.26 bits per heavy atom. The number of carbonyl (C=O) groups excluding carboxylic acids is 1. The van der Waals surface area contributed by atoms with E-state index in [0.29, 0.717) is 23.6 Å². The second-order valence-corrected chi connectivity index (χ2v) is 10.5. The van der Waals surface area contributed by atoms with Crippen molar-refractivity contribution in [3.63, 3.8) is 0 Å². The first-order valence-corrected chi connectivity index (χ1v) is 12.8. The normalized spacial score (nSPS) is 19.4. The van der Waals surface area contributed by atoms with Gasteiger partial charge in [0.15, 0.2) is 5.78 Å². The highest BCUT2D eigenvalue weighted by Gasteiger charge is 2.49. The number of piperidine rings is 1. The van der Waals surface area contributed by atoms with Crippen molar-refractivity contribution < 1.29 is 22.4 Å². The van der Waals surface area contributed by atoms with Gasteiger partial charge >= 0.3 is 6.18 Å². The molecule has 3 heterocycles. The number of nitrogens with zero attached hydrogens (tertiary/aromatic N) is 5. The molecule has 0 radical (unpaired) electrons. The predicted octanol–water partition coefficient (Wildman–Crippen LogP) is 5.31. The molecule has 1 atom stereocenters. The van der Waals surface area contributed by atoms with Gasteiger partial charge in [-0.3, -0.25) is 9.78 Å². The fourth-order valence-corrected chi connectivity index (χ4v) is 5.88. The minimum Gasteiger partial charge on any atom is -0.313 e. The van der Waals surface area contributed by atoms with E-state index >= 15 is 0 Å². The number of alkyl halides is 3. The monoisotopic (exact) mass is 556 g/mol. The SMILES string of the molecule is C=C(/C=N\NC)SN1CCC2=Cc3c(cnn3-c3ccc(F)cc3)CC2(C(=O)c2cc(C(F)(F)F)ccn2)C1. The summed E-state index contributed by atoms with van der Waals surface area (Å²) in [5, 5.41) is 8.45. The summed E-state index contributed by atoms with van der Waals surface area (Å²) in [6.07, 6.45) is 2.21. The van der Waals surface area contributed by atoms with Crippen LogP contribution in [0.2, 0.25) is 0 Å². The molecule has 1 aliphatic carbocycles. The summed E-state index contributed by atoms with van der Waals surface area (Å²) in [6.45, 7) is 4.80. The lowest BCUT2D eigenvalue weighted by Gasteiger charge is -2.44. The number of hydrogen-bond acceptors (Lipinski definition) is 7. The highest BCUT2D eigenvalue weighted by molar-refractivity contribution is 8.01. The molecule has 1 aliphatic heterocycles. The zero-order valence-electron chi connectivity index (χ0n) is 20.9. The number of fused-ring (bicyclic) bond motifs is 2. The zero-order chi connectivity index (χ0) is 27.8. The Kier molecular flexibility index (Phi) is 7.17. The summed E-state index contributed by atoms with van der Waals surface area (Å²) in [6, 6.07) is 7.57. The van der Waals surface area contributed by atoms with Gasteiger partial charge in [-0.1, -0.05) is 12.2 Å². The molecule has 1 saturated heterocycles. The largest absolute Gasteiger partial charge is 0.416 e. The summed E-state index contributed by atoms with van der Waals surface area (Å²) < 4.78 is 57.6. The molecule has 202 valence electrons. The van der Waals surface area contributed by atoms with Crippen LogP contribution in [0.25, 0.3) is 11.8 Å². The lowest BCUT2D eigenvalue weighted by molar-refractivity contribution is -0.137. The van der Waals surface area contributed by atoms with Gasteiger partial charge in [-0.15, -0.1) is 0 Å². The lowest BCUT2D eigenvalue weighted by atomic mass is 9.65. The smallest absolute Gasteiger partial charge is 0.313 e. The van der Waals surface area contributed by atoms with Gasteiger partial charge in [-0.2, -0.15) is 23.4 Å². The van der Waals surface area contributed by atoms with E-state index in [1.165, 1.54) is 24.1 Å². The van der Waals surface area contributed by atoms with Gasteiger partial charge in [-0.25, -0.2) is 13.4 Å². The Bertz CT molecular complexity index is 1480. The standard InChI is InChI=1S/C27H24F4N6OS/c1-17(14-34-32-2)39-36-10-8-19-12-24-18(15-35-37(24)22-5-3-21(28)4-6-22)13-26(19,16-36)25(38)23-11-20(7-9-33-23)27(29,30)31/h3-7,9,11-12,14-15,32H,1,8,10,13,16H2,2H3/b34-14-. The third-order valence-corrected chi connectivity index (χ3v) is 7.70. The van der Waals surface area contributed by atoms with E-state index in [-0.39, 0.29) is 24.5 Å². The fraction of sp³-hybridized carbons (Fsp3) is 0.259. The molecule has 7 nitrogen and oxygen atoms in total. The average Bonchev–Trinajstić information content (AvgIpc) is 3.32. The van der Waals surface area contributed by atoms with E-state index in [2.05, 4.69) is 27.2 Å². The summed E-state index contributed by atoms with van der Waals surface area (Å²) in [7, 11) is 1.66. The van der Waals surface area contributed by atoms with Crippen molar-refractivity contribution in [2.24, 2.45) is 10.5 Å².